The molecule has 4 atom stereocenters. The number of aliphatic hydroxyl groups excluding tert-OH is 1. The average molecular weight is 712 g/mol. The van der Waals surface area contributed by atoms with Crippen LogP contribution in [0.3, 0.4) is 0 Å². The first kappa shape index (κ1) is 37.0. The van der Waals surface area contributed by atoms with Crippen molar-refractivity contribution in [2.45, 2.75) is 71.7 Å². The van der Waals surface area contributed by atoms with Crippen LogP contribution in [0.1, 0.15) is 57.8 Å². The number of β-amino-alcohol motifs (C(OH)–C–C–N with tert-alkyl or cyclic N) is 1. The van der Waals surface area contributed by atoms with Crippen molar-refractivity contribution in [3.63, 3.8) is 0 Å². The molecule has 45 heavy (non-hydrogen) atoms. The molecular formula is C32H47BrN4O7S. The molecule has 1 fully saturated rings. The quantitative estimate of drug-likeness (QED) is 0.167. The first-order valence-electron chi connectivity index (χ1n) is 15.3. The number of rotatable bonds is 17. The molecule has 13 heteroatoms. The summed E-state index contributed by atoms with van der Waals surface area (Å²) in [5.74, 6) is -1.08. The SMILES string of the molecule is Cc1ncsc1-c1ccc(C(C)NC(=O)[C@@H]2C[C@@H](O)CN2C(=O)C(NC(=O)CCOCCOCCOCCBr)C(C)(C)C)cc1. The predicted octanol–water partition coefficient (Wildman–Crippen LogP) is 3.62. The number of hydrogen-bond donors (Lipinski definition) is 3. The Labute approximate surface area is 278 Å². The van der Waals surface area contributed by atoms with Crippen molar-refractivity contribution in [3.05, 3.63) is 41.0 Å². The van der Waals surface area contributed by atoms with E-state index in [2.05, 4.69) is 31.5 Å². The van der Waals surface area contributed by atoms with Crippen LogP contribution in [0, 0.1) is 12.3 Å². The lowest BCUT2D eigenvalue weighted by Gasteiger charge is -2.35. The zero-order valence-corrected chi connectivity index (χ0v) is 29.2. The smallest absolute Gasteiger partial charge is 0.246 e. The van der Waals surface area contributed by atoms with Gasteiger partial charge >= 0.3 is 0 Å². The Kier molecular flexibility index (Phi) is 14.9. The van der Waals surface area contributed by atoms with Crippen molar-refractivity contribution in [1.29, 1.82) is 0 Å². The van der Waals surface area contributed by atoms with Crippen molar-refractivity contribution in [2.75, 3.05) is 51.5 Å². The lowest BCUT2D eigenvalue weighted by molar-refractivity contribution is -0.144. The number of alkyl halides is 1. The second-order valence-corrected chi connectivity index (χ2v) is 13.8. The minimum atomic E-state index is -0.895. The molecule has 2 heterocycles. The van der Waals surface area contributed by atoms with Crippen molar-refractivity contribution in [1.82, 2.24) is 20.5 Å². The zero-order valence-electron chi connectivity index (χ0n) is 26.8. The van der Waals surface area contributed by atoms with E-state index in [4.69, 9.17) is 14.2 Å². The number of benzene rings is 1. The Morgan fingerprint density at radius 3 is 2.24 bits per heavy atom. The Morgan fingerprint density at radius 2 is 1.67 bits per heavy atom. The minimum Gasteiger partial charge on any atom is -0.391 e. The second kappa shape index (κ2) is 18.1. The number of nitrogens with one attached hydrogen (secondary N) is 2. The molecule has 0 spiro atoms. The Balaban J connectivity index is 1.53. The number of likely N-dealkylation sites (tertiary alicyclic amines) is 1. The highest BCUT2D eigenvalue weighted by molar-refractivity contribution is 9.09. The Bertz CT molecular complexity index is 1240. The molecule has 0 radical (unpaired) electrons. The van der Waals surface area contributed by atoms with Crippen LogP contribution in [0.25, 0.3) is 10.4 Å². The van der Waals surface area contributed by atoms with E-state index in [1.807, 2.05) is 64.4 Å². The molecule has 0 saturated carbocycles. The van der Waals surface area contributed by atoms with Crippen molar-refractivity contribution < 1.29 is 33.7 Å². The molecular weight excluding hydrogens is 664 g/mol. The minimum absolute atomic E-state index is 0.0148. The fraction of sp³-hybridized carbons (Fsp3) is 0.625. The molecule has 1 aromatic carbocycles. The van der Waals surface area contributed by atoms with Gasteiger partial charge in [0.15, 0.2) is 0 Å². The summed E-state index contributed by atoms with van der Waals surface area (Å²) in [5, 5.41) is 17.1. The molecule has 3 rings (SSSR count). The number of halogens is 1. The van der Waals surface area contributed by atoms with E-state index in [9.17, 15) is 19.5 Å². The van der Waals surface area contributed by atoms with Gasteiger partial charge in [-0.2, -0.15) is 0 Å². The van der Waals surface area contributed by atoms with Gasteiger partial charge in [-0.3, -0.25) is 14.4 Å². The van der Waals surface area contributed by atoms with Gasteiger partial charge in [0.05, 0.1) is 67.9 Å². The maximum absolute atomic E-state index is 13.8. The summed E-state index contributed by atoms with van der Waals surface area (Å²) in [7, 11) is 0. The number of thiazole rings is 1. The van der Waals surface area contributed by atoms with Crippen molar-refractivity contribution in [2.24, 2.45) is 5.41 Å². The molecule has 0 aliphatic carbocycles. The van der Waals surface area contributed by atoms with Crippen LogP contribution >= 0.6 is 27.3 Å². The number of ether oxygens (including phenoxy) is 3. The fourth-order valence-electron chi connectivity index (χ4n) is 5.01. The number of nitrogens with zero attached hydrogens (tertiary/aromatic N) is 2. The molecule has 11 nitrogen and oxygen atoms in total. The van der Waals surface area contributed by atoms with E-state index >= 15 is 0 Å². The largest absolute Gasteiger partial charge is 0.391 e. The van der Waals surface area contributed by atoms with Gasteiger partial charge < -0.3 is 34.9 Å². The number of aryl methyl sites for hydroxylation is 1. The maximum Gasteiger partial charge on any atom is 0.246 e. The third kappa shape index (κ3) is 11.4. The van der Waals surface area contributed by atoms with Crippen molar-refractivity contribution in [3.8, 4) is 10.4 Å². The Morgan fingerprint density at radius 1 is 1.04 bits per heavy atom. The summed E-state index contributed by atoms with van der Waals surface area (Å²) >= 11 is 4.87. The summed E-state index contributed by atoms with van der Waals surface area (Å²) in [5.41, 5.74) is 4.13. The molecule has 2 aromatic rings. The van der Waals surface area contributed by atoms with Gasteiger partial charge in [0, 0.05) is 24.7 Å². The van der Waals surface area contributed by atoms with Crippen LogP contribution < -0.4 is 10.6 Å². The second-order valence-electron chi connectivity index (χ2n) is 12.2. The summed E-state index contributed by atoms with van der Waals surface area (Å²) in [6.07, 6.45) is -0.651. The standard InChI is InChI=1S/C32H47BrN4O7S/c1-21(23-6-8-24(9-7-23)28-22(2)34-20-45-28)35-30(40)26-18-25(38)19-37(26)31(41)29(32(3,4)5)36-27(39)10-12-42-14-16-44-17-15-43-13-11-33/h6-9,20-21,25-26,29,38H,10-19H2,1-5H3,(H,35,40)(H,36,39)/t21?,25-,26+,29?/m1/s1. The molecule has 1 aromatic heterocycles. The summed E-state index contributed by atoms with van der Waals surface area (Å²) in [4.78, 5) is 46.9. The van der Waals surface area contributed by atoms with Crippen LogP contribution in [0.15, 0.2) is 29.8 Å². The van der Waals surface area contributed by atoms with Gasteiger partial charge in [0.25, 0.3) is 0 Å². The van der Waals surface area contributed by atoms with Crippen LogP contribution in [0.2, 0.25) is 0 Å². The molecule has 1 saturated heterocycles. The maximum atomic E-state index is 13.8. The molecule has 250 valence electrons. The molecule has 0 bridgehead atoms. The Hall–Kier alpha value is -2.42. The first-order chi connectivity index (χ1) is 21.4. The van der Waals surface area contributed by atoms with Crippen LogP contribution in [-0.4, -0.2) is 102 Å². The normalized spacial score (nSPS) is 18.1. The van der Waals surface area contributed by atoms with Gasteiger partial charge in [0.1, 0.15) is 12.1 Å². The number of carbonyl (C=O) groups excluding carboxylic acids is 3. The van der Waals surface area contributed by atoms with E-state index in [1.165, 1.54) is 4.90 Å². The lowest BCUT2D eigenvalue weighted by Crippen LogP contribution is -2.58. The highest BCUT2D eigenvalue weighted by Gasteiger charge is 2.44. The number of aromatic nitrogens is 1. The van der Waals surface area contributed by atoms with Gasteiger partial charge in [-0.15, -0.1) is 11.3 Å². The number of aliphatic hydroxyl groups is 1. The summed E-state index contributed by atoms with van der Waals surface area (Å²) < 4.78 is 16.2. The summed E-state index contributed by atoms with van der Waals surface area (Å²) in [6.45, 7) is 11.9. The molecule has 3 N–H and O–H groups in total. The predicted molar refractivity (Wildman–Crippen MR) is 177 cm³/mol. The topological polar surface area (TPSA) is 139 Å². The van der Waals surface area contributed by atoms with Gasteiger partial charge in [0.2, 0.25) is 17.7 Å². The molecule has 1 aliphatic rings. The zero-order chi connectivity index (χ0) is 33.0. The van der Waals surface area contributed by atoms with Crippen LogP contribution in [-0.2, 0) is 28.6 Å². The molecule has 2 unspecified atom stereocenters. The van der Waals surface area contributed by atoms with Crippen molar-refractivity contribution >= 4 is 45.0 Å². The van der Waals surface area contributed by atoms with Gasteiger partial charge in [-0.05, 0) is 30.4 Å². The van der Waals surface area contributed by atoms with E-state index in [0.717, 1.165) is 27.0 Å². The van der Waals surface area contributed by atoms with E-state index in [1.54, 1.807) is 11.3 Å². The third-order valence-electron chi connectivity index (χ3n) is 7.50. The monoisotopic (exact) mass is 710 g/mol. The van der Waals surface area contributed by atoms with E-state index < -0.39 is 29.5 Å². The molecule has 1 aliphatic heterocycles. The van der Waals surface area contributed by atoms with Crippen LogP contribution in [0.4, 0.5) is 0 Å². The number of hydrogen-bond acceptors (Lipinski definition) is 9. The van der Waals surface area contributed by atoms with Crippen LogP contribution in [0.5, 0.6) is 0 Å². The van der Waals surface area contributed by atoms with Gasteiger partial charge in [-0.25, -0.2) is 4.98 Å². The average Bonchev–Trinajstić information content (AvgIpc) is 3.61. The highest BCUT2D eigenvalue weighted by Crippen LogP contribution is 2.29. The lowest BCUT2D eigenvalue weighted by atomic mass is 9.85. The fourth-order valence-corrected chi connectivity index (χ4v) is 6.05. The number of amides is 3. The number of carbonyl (C=O) groups is 3. The third-order valence-corrected chi connectivity index (χ3v) is 8.80. The first-order valence-corrected chi connectivity index (χ1v) is 17.3. The van der Waals surface area contributed by atoms with E-state index in [0.29, 0.717) is 33.0 Å². The molecule has 3 amide bonds. The highest BCUT2D eigenvalue weighted by atomic mass is 79.9. The summed E-state index contributed by atoms with van der Waals surface area (Å²) in [6, 6.07) is 5.88. The van der Waals surface area contributed by atoms with E-state index in [-0.39, 0.29) is 43.8 Å². The van der Waals surface area contributed by atoms with Gasteiger partial charge in [-0.1, -0.05) is 61.0 Å².